The van der Waals surface area contributed by atoms with Gasteiger partial charge >= 0.3 is 0 Å². The molecule has 4 rings (SSSR count). The minimum absolute atomic E-state index is 0.111. The molecule has 3 nitrogen and oxygen atoms in total. The number of hydrogen-bond acceptors (Lipinski definition) is 3. The molecule has 2 saturated heterocycles. The molecule has 110 valence electrons. The van der Waals surface area contributed by atoms with Crippen LogP contribution in [0.4, 0.5) is 0 Å². The minimum atomic E-state index is 0.111. The number of rotatable bonds is 2. The van der Waals surface area contributed by atoms with Crippen LogP contribution >= 0.6 is 0 Å². The van der Waals surface area contributed by atoms with Gasteiger partial charge in [0.1, 0.15) is 0 Å². The first-order chi connectivity index (χ1) is 10.2. The van der Waals surface area contributed by atoms with Crippen LogP contribution in [0.25, 0.3) is 10.8 Å². The van der Waals surface area contributed by atoms with Gasteiger partial charge in [0.25, 0.3) is 0 Å². The fourth-order valence-corrected chi connectivity index (χ4v) is 4.41. The zero-order chi connectivity index (χ0) is 14.4. The number of pyridine rings is 1. The van der Waals surface area contributed by atoms with Crippen molar-refractivity contribution in [3.8, 4) is 0 Å². The van der Waals surface area contributed by atoms with E-state index in [1.54, 1.807) is 0 Å². The third-order valence-electron chi connectivity index (χ3n) is 5.70. The minimum Gasteiger partial charge on any atom is -0.324 e. The lowest BCUT2D eigenvalue weighted by Crippen LogP contribution is -2.42. The topological polar surface area (TPSA) is 42.1 Å². The average molecular weight is 281 g/mol. The average Bonchev–Trinajstić information content (AvgIpc) is 2.75. The third kappa shape index (κ3) is 2.16. The van der Waals surface area contributed by atoms with Crippen LogP contribution in [0.1, 0.15) is 37.3 Å². The van der Waals surface area contributed by atoms with E-state index in [9.17, 15) is 0 Å². The number of piperidine rings is 1. The maximum atomic E-state index is 6.67. The van der Waals surface area contributed by atoms with Crippen LogP contribution in [-0.2, 0) is 0 Å². The molecule has 2 fully saturated rings. The molecular formula is C18H23N3. The van der Waals surface area contributed by atoms with Gasteiger partial charge in [0.05, 0.1) is 0 Å². The second-order valence-electron chi connectivity index (χ2n) is 6.76. The van der Waals surface area contributed by atoms with Crippen molar-refractivity contribution in [1.82, 2.24) is 9.88 Å². The predicted molar refractivity (Wildman–Crippen MR) is 86.0 cm³/mol. The molecule has 2 aliphatic heterocycles. The van der Waals surface area contributed by atoms with Crippen molar-refractivity contribution in [2.24, 2.45) is 11.7 Å². The first-order valence-corrected chi connectivity index (χ1v) is 8.04. The molecule has 0 spiro atoms. The molecule has 0 saturated carbocycles. The standard InChI is InChI=1S/C18H23N3/c1-21-14-6-7-15(21)9-13(8-14)18(19)17-11-20-10-12-4-2-3-5-16(12)17/h2-5,10-11,13-15,18H,6-9,19H2,1H3. The van der Waals surface area contributed by atoms with Crippen molar-refractivity contribution >= 4 is 10.8 Å². The Morgan fingerprint density at radius 2 is 1.86 bits per heavy atom. The van der Waals surface area contributed by atoms with E-state index in [1.807, 2.05) is 12.4 Å². The van der Waals surface area contributed by atoms with Gasteiger partial charge in [-0.1, -0.05) is 24.3 Å². The summed E-state index contributed by atoms with van der Waals surface area (Å²) in [5.74, 6) is 0.589. The Kier molecular flexibility index (Phi) is 3.20. The Morgan fingerprint density at radius 1 is 1.14 bits per heavy atom. The van der Waals surface area contributed by atoms with Crippen LogP contribution in [0.2, 0.25) is 0 Å². The molecule has 0 amide bonds. The van der Waals surface area contributed by atoms with Gasteiger partial charge in [-0.25, -0.2) is 0 Å². The highest BCUT2D eigenvalue weighted by Gasteiger charge is 2.40. The summed E-state index contributed by atoms with van der Waals surface area (Å²) in [6, 6.07) is 10.0. The predicted octanol–water partition coefficient (Wildman–Crippen LogP) is 3.11. The smallest absolute Gasteiger partial charge is 0.0346 e. The van der Waals surface area contributed by atoms with Crippen molar-refractivity contribution in [2.75, 3.05) is 7.05 Å². The Hall–Kier alpha value is -1.45. The number of nitrogens with zero attached hydrogens (tertiary/aromatic N) is 2. The normalized spacial score (nSPS) is 30.7. The summed E-state index contributed by atoms with van der Waals surface area (Å²) in [7, 11) is 2.28. The fourth-order valence-electron chi connectivity index (χ4n) is 4.41. The largest absolute Gasteiger partial charge is 0.324 e. The zero-order valence-electron chi connectivity index (χ0n) is 12.6. The van der Waals surface area contributed by atoms with Crippen LogP contribution < -0.4 is 5.73 Å². The number of nitrogens with two attached hydrogens (primary N) is 1. The lowest BCUT2D eigenvalue weighted by molar-refractivity contribution is 0.121. The molecule has 1 aromatic heterocycles. The van der Waals surface area contributed by atoms with E-state index in [0.29, 0.717) is 5.92 Å². The fraction of sp³-hybridized carbons (Fsp3) is 0.500. The molecule has 3 unspecified atom stereocenters. The van der Waals surface area contributed by atoms with Gasteiger partial charge in [-0.15, -0.1) is 0 Å². The second-order valence-corrected chi connectivity index (χ2v) is 6.76. The Labute approximate surface area is 126 Å². The van der Waals surface area contributed by atoms with Gasteiger partial charge in [-0.3, -0.25) is 4.98 Å². The van der Waals surface area contributed by atoms with Crippen LogP contribution in [0.15, 0.2) is 36.7 Å². The second kappa shape index (κ2) is 5.08. The van der Waals surface area contributed by atoms with Crippen LogP contribution in [0, 0.1) is 5.92 Å². The first-order valence-electron chi connectivity index (χ1n) is 8.04. The number of hydrogen-bond donors (Lipinski definition) is 1. The van der Waals surface area contributed by atoms with Crippen molar-refractivity contribution in [2.45, 2.75) is 43.8 Å². The lowest BCUT2D eigenvalue weighted by atomic mass is 9.82. The molecule has 3 atom stereocenters. The highest BCUT2D eigenvalue weighted by Crippen LogP contribution is 2.42. The van der Waals surface area contributed by atoms with Crippen molar-refractivity contribution < 1.29 is 0 Å². The SMILES string of the molecule is CN1C2CCC1CC(C(N)c1cncc3ccccc13)C2. The molecule has 2 N–H and O–H groups in total. The van der Waals surface area contributed by atoms with E-state index in [1.165, 1.54) is 42.0 Å². The summed E-state index contributed by atoms with van der Waals surface area (Å²) in [5.41, 5.74) is 7.90. The molecule has 0 aliphatic carbocycles. The lowest BCUT2D eigenvalue weighted by Gasteiger charge is -2.39. The van der Waals surface area contributed by atoms with Crippen LogP contribution in [0.3, 0.4) is 0 Å². The van der Waals surface area contributed by atoms with Gasteiger partial charge in [0.2, 0.25) is 0 Å². The summed E-state index contributed by atoms with van der Waals surface area (Å²) in [6.07, 6.45) is 9.07. The van der Waals surface area contributed by atoms with E-state index in [2.05, 4.69) is 41.2 Å². The summed E-state index contributed by atoms with van der Waals surface area (Å²) < 4.78 is 0. The Bertz CT molecular complexity index is 634. The third-order valence-corrected chi connectivity index (χ3v) is 5.70. The molecule has 3 heteroatoms. The summed E-state index contributed by atoms with van der Waals surface area (Å²) in [6.45, 7) is 0. The summed E-state index contributed by atoms with van der Waals surface area (Å²) in [5, 5.41) is 2.47. The molecule has 3 heterocycles. The molecule has 21 heavy (non-hydrogen) atoms. The molecule has 2 bridgehead atoms. The van der Waals surface area contributed by atoms with E-state index >= 15 is 0 Å². The van der Waals surface area contributed by atoms with E-state index in [0.717, 1.165) is 12.1 Å². The quantitative estimate of drug-likeness (QED) is 0.919. The van der Waals surface area contributed by atoms with Gasteiger partial charge < -0.3 is 10.6 Å². The van der Waals surface area contributed by atoms with Crippen LogP contribution in [0.5, 0.6) is 0 Å². The Balaban J connectivity index is 1.66. The van der Waals surface area contributed by atoms with Crippen molar-refractivity contribution in [3.63, 3.8) is 0 Å². The van der Waals surface area contributed by atoms with E-state index in [4.69, 9.17) is 5.73 Å². The van der Waals surface area contributed by atoms with E-state index in [-0.39, 0.29) is 6.04 Å². The summed E-state index contributed by atoms with van der Waals surface area (Å²) in [4.78, 5) is 6.98. The number of benzene rings is 1. The molecule has 2 aliphatic rings. The molecule has 2 aromatic rings. The highest BCUT2D eigenvalue weighted by atomic mass is 15.2. The van der Waals surface area contributed by atoms with Crippen molar-refractivity contribution in [3.05, 3.63) is 42.2 Å². The molecular weight excluding hydrogens is 258 g/mol. The monoisotopic (exact) mass is 281 g/mol. The van der Waals surface area contributed by atoms with Crippen molar-refractivity contribution in [1.29, 1.82) is 0 Å². The zero-order valence-corrected chi connectivity index (χ0v) is 12.6. The van der Waals surface area contributed by atoms with Gasteiger partial charge in [0, 0.05) is 35.9 Å². The first kappa shape index (κ1) is 13.2. The highest BCUT2D eigenvalue weighted by molar-refractivity contribution is 5.85. The van der Waals surface area contributed by atoms with Gasteiger partial charge in [0.15, 0.2) is 0 Å². The van der Waals surface area contributed by atoms with Gasteiger partial charge in [-0.05, 0) is 49.6 Å². The Morgan fingerprint density at radius 3 is 2.62 bits per heavy atom. The van der Waals surface area contributed by atoms with E-state index < -0.39 is 0 Å². The van der Waals surface area contributed by atoms with Gasteiger partial charge in [-0.2, -0.15) is 0 Å². The maximum Gasteiger partial charge on any atom is 0.0346 e. The number of aromatic nitrogens is 1. The summed E-state index contributed by atoms with van der Waals surface area (Å²) >= 11 is 0. The van der Waals surface area contributed by atoms with Crippen LogP contribution in [-0.4, -0.2) is 29.0 Å². The molecule has 0 radical (unpaired) electrons. The molecule has 1 aromatic carbocycles. The maximum absolute atomic E-state index is 6.67. The number of fused-ring (bicyclic) bond motifs is 3.